The highest BCUT2D eigenvalue weighted by Crippen LogP contribution is 2.40. The summed E-state index contributed by atoms with van der Waals surface area (Å²) in [6.45, 7) is 2.98. The number of thiophene rings is 1. The van der Waals surface area contributed by atoms with Gasteiger partial charge in [-0.25, -0.2) is 9.97 Å². The van der Waals surface area contributed by atoms with Crippen molar-refractivity contribution in [1.29, 1.82) is 0 Å². The first-order valence-electron chi connectivity index (χ1n) is 6.03. The second kappa shape index (κ2) is 4.45. The molecule has 0 radical (unpaired) electrons. The van der Waals surface area contributed by atoms with E-state index in [1.165, 1.54) is 18.5 Å². The lowest BCUT2D eigenvalue weighted by molar-refractivity contribution is 0.990. The lowest BCUT2D eigenvalue weighted by Crippen LogP contribution is -2.03. The Morgan fingerprint density at radius 3 is 2.94 bits per heavy atom. The molecule has 3 nitrogen and oxygen atoms in total. The molecule has 4 heteroatoms. The quantitative estimate of drug-likeness (QED) is 0.895. The maximum Gasteiger partial charge on any atom is 0.171 e. The van der Waals surface area contributed by atoms with Crippen molar-refractivity contribution in [3.63, 3.8) is 0 Å². The molecular formula is C13H15N3S. The molecule has 1 aliphatic carbocycles. The van der Waals surface area contributed by atoms with Crippen LogP contribution >= 0.6 is 11.3 Å². The molecule has 0 unspecified atom stereocenters. The summed E-state index contributed by atoms with van der Waals surface area (Å²) < 4.78 is 0. The van der Waals surface area contributed by atoms with E-state index in [1.807, 2.05) is 6.07 Å². The van der Waals surface area contributed by atoms with Gasteiger partial charge in [-0.2, -0.15) is 0 Å². The van der Waals surface area contributed by atoms with E-state index in [9.17, 15) is 0 Å². The van der Waals surface area contributed by atoms with Crippen LogP contribution < -0.4 is 5.32 Å². The molecule has 88 valence electrons. The van der Waals surface area contributed by atoms with E-state index in [0.717, 1.165) is 23.1 Å². The molecule has 0 amide bonds. The van der Waals surface area contributed by atoms with Crippen molar-refractivity contribution in [1.82, 2.24) is 9.97 Å². The van der Waals surface area contributed by atoms with Crippen LogP contribution in [0.4, 0.5) is 5.82 Å². The number of anilines is 1. The third-order valence-electron chi connectivity index (χ3n) is 2.84. The highest BCUT2D eigenvalue weighted by molar-refractivity contribution is 7.13. The Morgan fingerprint density at radius 2 is 2.29 bits per heavy atom. The first-order valence-corrected chi connectivity index (χ1v) is 6.91. The number of nitrogens with zero attached hydrogens (tertiary/aromatic N) is 2. The highest BCUT2D eigenvalue weighted by atomic mass is 32.1. The van der Waals surface area contributed by atoms with Crippen LogP contribution in [0, 0.1) is 0 Å². The van der Waals surface area contributed by atoms with E-state index in [4.69, 9.17) is 0 Å². The van der Waals surface area contributed by atoms with Crippen molar-refractivity contribution in [2.45, 2.75) is 25.7 Å². The lowest BCUT2D eigenvalue weighted by atomic mass is 10.2. The Morgan fingerprint density at radius 1 is 1.41 bits per heavy atom. The predicted octanol–water partition coefficient (Wildman–Crippen LogP) is 3.51. The molecular weight excluding hydrogens is 230 g/mol. The number of hydrogen-bond acceptors (Lipinski definition) is 4. The molecule has 2 heterocycles. The van der Waals surface area contributed by atoms with Gasteiger partial charge in [0.2, 0.25) is 0 Å². The van der Waals surface area contributed by atoms with Gasteiger partial charge in [0.25, 0.3) is 0 Å². The van der Waals surface area contributed by atoms with Crippen molar-refractivity contribution in [2.75, 3.05) is 11.9 Å². The van der Waals surface area contributed by atoms with Crippen molar-refractivity contribution >= 4 is 17.2 Å². The Hall–Kier alpha value is -1.42. The third kappa shape index (κ3) is 2.31. The zero-order valence-electron chi connectivity index (χ0n) is 9.81. The molecule has 0 atom stereocenters. The fourth-order valence-corrected chi connectivity index (χ4v) is 2.50. The zero-order valence-corrected chi connectivity index (χ0v) is 10.6. The summed E-state index contributed by atoms with van der Waals surface area (Å²) in [6, 6.07) is 6.21. The Bertz CT molecular complexity index is 503. The monoisotopic (exact) mass is 245 g/mol. The van der Waals surface area contributed by atoms with Gasteiger partial charge in [-0.1, -0.05) is 6.07 Å². The average Bonchev–Trinajstić information content (AvgIpc) is 3.05. The minimum absolute atomic E-state index is 0.661. The molecule has 3 rings (SSSR count). The second-order valence-electron chi connectivity index (χ2n) is 4.28. The van der Waals surface area contributed by atoms with Crippen LogP contribution in [0.15, 0.2) is 23.6 Å². The molecule has 0 spiro atoms. The summed E-state index contributed by atoms with van der Waals surface area (Å²) in [5.41, 5.74) is 1.19. The molecule has 1 N–H and O–H groups in total. The van der Waals surface area contributed by atoms with Crippen molar-refractivity contribution in [3.8, 4) is 10.7 Å². The minimum atomic E-state index is 0.661. The maximum atomic E-state index is 4.68. The zero-order chi connectivity index (χ0) is 11.7. The summed E-state index contributed by atoms with van der Waals surface area (Å²) in [6.07, 6.45) is 2.54. The topological polar surface area (TPSA) is 37.8 Å². The van der Waals surface area contributed by atoms with Gasteiger partial charge >= 0.3 is 0 Å². The molecule has 1 saturated carbocycles. The van der Waals surface area contributed by atoms with Crippen molar-refractivity contribution in [3.05, 3.63) is 29.3 Å². The van der Waals surface area contributed by atoms with Gasteiger partial charge in [0, 0.05) is 24.2 Å². The van der Waals surface area contributed by atoms with Crippen molar-refractivity contribution in [2.24, 2.45) is 0 Å². The minimum Gasteiger partial charge on any atom is -0.370 e. The van der Waals surface area contributed by atoms with Gasteiger partial charge in [-0.15, -0.1) is 11.3 Å². The van der Waals surface area contributed by atoms with Crippen LogP contribution in [0.2, 0.25) is 0 Å². The summed E-state index contributed by atoms with van der Waals surface area (Å²) >= 11 is 1.69. The number of aromatic nitrogens is 2. The Kier molecular flexibility index (Phi) is 2.81. The second-order valence-corrected chi connectivity index (χ2v) is 5.23. The summed E-state index contributed by atoms with van der Waals surface area (Å²) in [5.74, 6) is 2.47. The summed E-state index contributed by atoms with van der Waals surface area (Å²) in [4.78, 5) is 10.4. The SMILES string of the molecule is CCNc1cc(C2CC2)nc(-c2cccs2)n1. The van der Waals surface area contributed by atoms with Crippen LogP contribution in [0.1, 0.15) is 31.4 Å². The summed E-state index contributed by atoms with van der Waals surface area (Å²) in [7, 11) is 0. The largest absolute Gasteiger partial charge is 0.370 e. The van der Waals surface area contributed by atoms with Crippen LogP contribution in [0.5, 0.6) is 0 Å². The van der Waals surface area contributed by atoms with Gasteiger partial charge in [0.15, 0.2) is 5.82 Å². The fourth-order valence-electron chi connectivity index (χ4n) is 1.84. The van der Waals surface area contributed by atoms with Gasteiger partial charge in [0.05, 0.1) is 4.88 Å². The standard InChI is InChI=1S/C13H15N3S/c1-2-14-12-8-10(9-5-6-9)15-13(16-12)11-4-3-7-17-11/h3-4,7-9H,2,5-6H2,1H3,(H,14,15,16). The van der Waals surface area contributed by atoms with Crippen LogP contribution in [0.3, 0.4) is 0 Å². The molecule has 0 aromatic carbocycles. The Balaban J connectivity index is 2.01. The molecule has 1 aliphatic rings. The molecule has 0 bridgehead atoms. The molecule has 17 heavy (non-hydrogen) atoms. The first-order chi connectivity index (χ1) is 8.36. The van der Waals surface area contributed by atoms with Crippen LogP contribution in [-0.4, -0.2) is 16.5 Å². The molecule has 0 aliphatic heterocycles. The van der Waals surface area contributed by atoms with E-state index in [2.05, 4.69) is 39.7 Å². The molecule has 0 saturated heterocycles. The van der Waals surface area contributed by atoms with Gasteiger partial charge in [-0.3, -0.25) is 0 Å². The lowest BCUT2D eigenvalue weighted by Gasteiger charge is -2.07. The van der Waals surface area contributed by atoms with Gasteiger partial charge < -0.3 is 5.32 Å². The Labute approximate surface area is 105 Å². The highest BCUT2D eigenvalue weighted by Gasteiger charge is 2.26. The van der Waals surface area contributed by atoms with E-state index < -0.39 is 0 Å². The smallest absolute Gasteiger partial charge is 0.171 e. The van der Waals surface area contributed by atoms with E-state index in [0.29, 0.717) is 5.92 Å². The normalized spacial score (nSPS) is 14.9. The molecule has 2 aromatic heterocycles. The average molecular weight is 245 g/mol. The first kappa shape index (κ1) is 10.7. The predicted molar refractivity (Wildman–Crippen MR) is 71.5 cm³/mol. The number of rotatable bonds is 4. The van der Waals surface area contributed by atoms with E-state index in [-0.39, 0.29) is 0 Å². The third-order valence-corrected chi connectivity index (χ3v) is 3.71. The van der Waals surface area contributed by atoms with Crippen molar-refractivity contribution < 1.29 is 0 Å². The molecule has 2 aromatic rings. The molecule has 1 fully saturated rings. The van der Waals surface area contributed by atoms with E-state index in [1.54, 1.807) is 11.3 Å². The fraction of sp³-hybridized carbons (Fsp3) is 0.385. The number of hydrogen-bond donors (Lipinski definition) is 1. The summed E-state index contributed by atoms with van der Waals surface area (Å²) in [5, 5.41) is 5.35. The van der Waals surface area contributed by atoms with Crippen LogP contribution in [-0.2, 0) is 0 Å². The maximum absolute atomic E-state index is 4.68. The van der Waals surface area contributed by atoms with Gasteiger partial charge in [0.1, 0.15) is 5.82 Å². The van der Waals surface area contributed by atoms with E-state index >= 15 is 0 Å². The number of nitrogens with one attached hydrogen (secondary N) is 1. The van der Waals surface area contributed by atoms with Crippen LogP contribution in [0.25, 0.3) is 10.7 Å². The van der Waals surface area contributed by atoms with Gasteiger partial charge in [-0.05, 0) is 31.2 Å².